The molecule has 2 aromatic carbocycles. The molecule has 0 saturated heterocycles. The second-order valence-electron chi connectivity index (χ2n) is 4.81. The number of hydrogen-bond acceptors (Lipinski definition) is 4. The number of thiocarbonyl (C=S) groups is 1. The smallest absolute Gasteiger partial charge is 0.257 e. The van der Waals surface area contributed by atoms with Crippen LogP contribution in [0, 0.1) is 3.57 Å². The van der Waals surface area contributed by atoms with E-state index in [-0.39, 0.29) is 11.0 Å². The van der Waals surface area contributed by atoms with Crippen LogP contribution in [0.3, 0.4) is 0 Å². The van der Waals surface area contributed by atoms with Gasteiger partial charge in [-0.2, -0.15) is 0 Å². The van der Waals surface area contributed by atoms with E-state index in [1.54, 1.807) is 12.1 Å². The molecule has 126 valence electrons. The number of carbonyl (C=O) groups is 1. The Hall–Kier alpha value is -1.87. The highest BCUT2D eigenvalue weighted by molar-refractivity contribution is 14.1. The van der Waals surface area contributed by atoms with Crippen LogP contribution in [0.4, 0.5) is 0 Å². The summed E-state index contributed by atoms with van der Waals surface area (Å²) in [6, 6.07) is 13.2. The fraction of sp³-hybridized carbons (Fsp3) is 0.176. The fourth-order valence-corrected chi connectivity index (χ4v) is 2.87. The number of nitrogens with one attached hydrogen (secondary N) is 1. The van der Waals surface area contributed by atoms with Gasteiger partial charge in [-0.15, -0.1) is 0 Å². The minimum atomic E-state index is -0.379. The van der Waals surface area contributed by atoms with Crippen LogP contribution in [-0.2, 0) is 6.61 Å². The van der Waals surface area contributed by atoms with Crippen LogP contribution in [0.25, 0.3) is 0 Å². The van der Waals surface area contributed by atoms with Gasteiger partial charge in [-0.05, 0) is 59.4 Å². The molecule has 2 rings (SSSR count). The first kappa shape index (κ1) is 18.5. The normalized spacial score (nSPS) is 10.1. The zero-order chi connectivity index (χ0) is 17.5. The number of hydrogen-bond donors (Lipinski definition) is 2. The van der Waals surface area contributed by atoms with Gasteiger partial charge in [0.25, 0.3) is 5.91 Å². The summed E-state index contributed by atoms with van der Waals surface area (Å²) in [5.41, 5.74) is 6.80. The highest BCUT2D eigenvalue weighted by Gasteiger charge is 2.16. The Balaban J connectivity index is 2.26. The standard InChI is InChI=1S/C17H17IN2O3S/c1-2-22-14-9-12(16(21)20-17(19)24)8-13(18)15(14)23-10-11-6-4-3-5-7-11/h3-9H,2,10H2,1H3,(H3,19,20,21,24). The lowest BCUT2D eigenvalue weighted by molar-refractivity contribution is 0.0977. The van der Waals surface area contributed by atoms with Crippen molar-refractivity contribution in [3.63, 3.8) is 0 Å². The van der Waals surface area contributed by atoms with Gasteiger partial charge in [0.05, 0.1) is 10.2 Å². The zero-order valence-electron chi connectivity index (χ0n) is 13.0. The first-order valence-electron chi connectivity index (χ1n) is 7.25. The maximum absolute atomic E-state index is 12.1. The summed E-state index contributed by atoms with van der Waals surface area (Å²) in [4.78, 5) is 12.1. The lowest BCUT2D eigenvalue weighted by atomic mass is 10.2. The van der Waals surface area contributed by atoms with Gasteiger partial charge in [-0.25, -0.2) is 0 Å². The molecule has 0 radical (unpaired) electrons. The molecular formula is C17H17IN2O3S. The molecule has 0 aromatic heterocycles. The molecule has 2 aromatic rings. The van der Waals surface area contributed by atoms with Crippen molar-refractivity contribution in [2.45, 2.75) is 13.5 Å². The summed E-state index contributed by atoms with van der Waals surface area (Å²) in [5.74, 6) is 0.734. The van der Waals surface area contributed by atoms with Gasteiger partial charge in [0.2, 0.25) is 0 Å². The number of carbonyl (C=O) groups excluding carboxylic acids is 1. The van der Waals surface area contributed by atoms with Crippen LogP contribution in [0.5, 0.6) is 11.5 Å². The molecule has 0 bridgehead atoms. The summed E-state index contributed by atoms with van der Waals surface area (Å²) in [6.45, 7) is 2.74. The van der Waals surface area contributed by atoms with Crippen LogP contribution < -0.4 is 20.5 Å². The molecule has 0 unspecified atom stereocenters. The molecule has 0 aliphatic carbocycles. The van der Waals surface area contributed by atoms with Crippen molar-refractivity contribution in [3.05, 3.63) is 57.2 Å². The van der Waals surface area contributed by atoms with Crippen molar-refractivity contribution in [2.75, 3.05) is 6.61 Å². The molecule has 0 spiro atoms. The van der Waals surface area contributed by atoms with E-state index < -0.39 is 0 Å². The van der Waals surface area contributed by atoms with Crippen LogP contribution in [0.15, 0.2) is 42.5 Å². The van der Waals surface area contributed by atoms with E-state index in [0.717, 1.165) is 9.13 Å². The molecule has 0 aliphatic rings. The number of ether oxygens (including phenoxy) is 2. The van der Waals surface area contributed by atoms with Gasteiger partial charge < -0.3 is 15.2 Å². The summed E-state index contributed by atoms with van der Waals surface area (Å²) in [6.07, 6.45) is 0. The number of nitrogens with two attached hydrogens (primary N) is 1. The molecule has 0 heterocycles. The Kier molecular flexibility index (Phi) is 6.80. The van der Waals surface area contributed by atoms with Crippen LogP contribution in [0.2, 0.25) is 0 Å². The quantitative estimate of drug-likeness (QED) is 0.516. The second kappa shape index (κ2) is 8.84. The number of amides is 1. The van der Waals surface area contributed by atoms with Crippen molar-refractivity contribution >= 4 is 45.8 Å². The van der Waals surface area contributed by atoms with Crippen LogP contribution >= 0.6 is 34.8 Å². The predicted octanol–water partition coefficient (Wildman–Crippen LogP) is 3.24. The van der Waals surface area contributed by atoms with Gasteiger partial charge in [0.15, 0.2) is 16.6 Å². The molecule has 0 fully saturated rings. The second-order valence-corrected chi connectivity index (χ2v) is 6.41. The summed E-state index contributed by atoms with van der Waals surface area (Å²) >= 11 is 6.81. The molecule has 0 aliphatic heterocycles. The largest absolute Gasteiger partial charge is 0.490 e. The Bertz CT molecular complexity index is 738. The molecule has 1 amide bonds. The van der Waals surface area contributed by atoms with E-state index >= 15 is 0 Å². The highest BCUT2D eigenvalue weighted by atomic mass is 127. The minimum Gasteiger partial charge on any atom is -0.490 e. The van der Waals surface area contributed by atoms with Crippen molar-refractivity contribution in [1.82, 2.24) is 5.32 Å². The number of halogens is 1. The third-order valence-electron chi connectivity index (χ3n) is 3.03. The Labute approximate surface area is 159 Å². The lowest BCUT2D eigenvalue weighted by Gasteiger charge is -2.15. The third-order valence-corrected chi connectivity index (χ3v) is 3.94. The van der Waals surface area contributed by atoms with E-state index in [4.69, 9.17) is 27.4 Å². The molecule has 3 N–H and O–H groups in total. The van der Waals surface area contributed by atoms with Crippen molar-refractivity contribution < 1.29 is 14.3 Å². The Morgan fingerprint density at radius 1 is 1.25 bits per heavy atom. The van der Waals surface area contributed by atoms with Gasteiger partial charge in [-0.3, -0.25) is 10.1 Å². The van der Waals surface area contributed by atoms with Gasteiger partial charge in [0.1, 0.15) is 6.61 Å². The van der Waals surface area contributed by atoms with Gasteiger partial charge >= 0.3 is 0 Å². The monoisotopic (exact) mass is 456 g/mol. The molecule has 0 atom stereocenters. The van der Waals surface area contributed by atoms with Gasteiger partial charge in [0, 0.05) is 5.56 Å². The van der Waals surface area contributed by atoms with E-state index in [2.05, 4.69) is 27.9 Å². The topological polar surface area (TPSA) is 73.6 Å². The molecule has 7 heteroatoms. The Morgan fingerprint density at radius 3 is 2.58 bits per heavy atom. The van der Waals surface area contributed by atoms with E-state index in [0.29, 0.717) is 30.3 Å². The van der Waals surface area contributed by atoms with Crippen molar-refractivity contribution in [1.29, 1.82) is 0 Å². The summed E-state index contributed by atoms with van der Waals surface area (Å²) < 4.78 is 12.3. The van der Waals surface area contributed by atoms with Crippen LogP contribution in [0.1, 0.15) is 22.8 Å². The maximum atomic E-state index is 12.1. The SMILES string of the molecule is CCOc1cc(C(=O)NC(N)=S)cc(I)c1OCc1ccccc1. The third kappa shape index (κ3) is 5.07. The average molecular weight is 456 g/mol. The molecular weight excluding hydrogens is 439 g/mol. The van der Waals surface area contributed by atoms with Crippen LogP contribution in [-0.4, -0.2) is 17.6 Å². The Morgan fingerprint density at radius 2 is 1.96 bits per heavy atom. The molecule has 5 nitrogen and oxygen atoms in total. The summed E-state index contributed by atoms with van der Waals surface area (Å²) in [5, 5.41) is 2.33. The number of benzene rings is 2. The molecule has 0 saturated carbocycles. The van der Waals surface area contributed by atoms with E-state index in [1.165, 1.54) is 0 Å². The summed E-state index contributed by atoms with van der Waals surface area (Å²) in [7, 11) is 0. The van der Waals surface area contributed by atoms with Crippen molar-refractivity contribution in [2.24, 2.45) is 5.73 Å². The van der Waals surface area contributed by atoms with Gasteiger partial charge in [-0.1, -0.05) is 30.3 Å². The minimum absolute atomic E-state index is 0.0719. The lowest BCUT2D eigenvalue weighted by Crippen LogP contribution is -2.34. The maximum Gasteiger partial charge on any atom is 0.257 e. The molecule has 24 heavy (non-hydrogen) atoms. The number of rotatable bonds is 6. The first-order chi connectivity index (χ1) is 11.5. The first-order valence-corrected chi connectivity index (χ1v) is 8.73. The van der Waals surface area contributed by atoms with E-state index in [9.17, 15) is 4.79 Å². The van der Waals surface area contributed by atoms with Crippen molar-refractivity contribution in [3.8, 4) is 11.5 Å². The average Bonchev–Trinajstić information content (AvgIpc) is 2.54. The zero-order valence-corrected chi connectivity index (χ0v) is 16.0. The highest BCUT2D eigenvalue weighted by Crippen LogP contribution is 2.34. The fourth-order valence-electron chi connectivity index (χ4n) is 2.02. The predicted molar refractivity (Wildman–Crippen MR) is 105 cm³/mol. The van der Waals surface area contributed by atoms with E-state index in [1.807, 2.05) is 37.3 Å².